The second kappa shape index (κ2) is 9.17. The summed E-state index contributed by atoms with van der Waals surface area (Å²) in [4.78, 5) is 38.6. The van der Waals surface area contributed by atoms with Gasteiger partial charge in [-0.25, -0.2) is 14.1 Å². The number of rotatable bonds is 5. The van der Waals surface area contributed by atoms with E-state index in [1.807, 2.05) is 6.92 Å². The Balaban J connectivity index is 1.49. The molecule has 0 saturated heterocycles. The van der Waals surface area contributed by atoms with Crippen molar-refractivity contribution in [2.45, 2.75) is 6.92 Å². The summed E-state index contributed by atoms with van der Waals surface area (Å²) in [6, 6.07) is 14.5. The highest BCUT2D eigenvalue weighted by atomic mass is 35.5. The Labute approximate surface area is 203 Å². The molecule has 1 aliphatic heterocycles. The zero-order chi connectivity index (χ0) is 24.6. The van der Waals surface area contributed by atoms with Gasteiger partial charge in [-0.15, -0.1) is 0 Å². The number of ether oxygens (including phenoxy) is 1. The van der Waals surface area contributed by atoms with Crippen molar-refractivity contribution in [1.82, 2.24) is 0 Å². The van der Waals surface area contributed by atoms with Crippen LogP contribution < -0.4 is 20.7 Å². The predicted octanol–water partition coefficient (Wildman–Crippen LogP) is 5.02. The molecule has 1 aliphatic rings. The zero-order valence-corrected chi connectivity index (χ0v) is 19.1. The van der Waals surface area contributed by atoms with Gasteiger partial charge in [0.15, 0.2) is 5.75 Å². The van der Waals surface area contributed by atoms with Crippen molar-refractivity contribution in [3.8, 4) is 5.75 Å². The topological polar surface area (TPSA) is 102 Å². The minimum atomic E-state index is -0.785. The highest BCUT2D eigenvalue weighted by molar-refractivity contribution is 6.53. The Kier molecular flexibility index (Phi) is 6.28. The molecule has 0 saturated carbocycles. The molecule has 172 valence electrons. The van der Waals surface area contributed by atoms with Crippen molar-refractivity contribution in [3.63, 3.8) is 0 Å². The fourth-order valence-corrected chi connectivity index (χ4v) is 3.61. The number of aryl methyl sites for hydroxylation is 1. The lowest BCUT2D eigenvalue weighted by atomic mass is 10.2. The molecule has 4 rings (SSSR count). The minimum absolute atomic E-state index is 0.0739. The molecule has 3 N–H and O–H groups in total. The largest absolute Gasteiger partial charge is 0.421 e. The van der Waals surface area contributed by atoms with Gasteiger partial charge in [-0.1, -0.05) is 29.3 Å². The molecule has 0 spiro atoms. The average molecular weight is 500 g/mol. The molecule has 0 aromatic heterocycles. The number of anilines is 3. The summed E-state index contributed by atoms with van der Waals surface area (Å²) >= 11 is 11.9. The molecule has 0 unspecified atom stereocenters. The Morgan fingerprint density at radius 1 is 1.00 bits per heavy atom. The van der Waals surface area contributed by atoms with Gasteiger partial charge in [0.2, 0.25) is 0 Å². The smallest absolute Gasteiger partial charge is 0.343 e. The van der Waals surface area contributed by atoms with Gasteiger partial charge in [-0.3, -0.25) is 9.59 Å². The van der Waals surface area contributed by atoms with Crippen LogP contribution in [0.25, 0.3) is 0 Å². The van der Waals surface area contributed by atoms with Crippen molar-refractivity contribution >= 4 is 58.0 Å². The summed E-state index contributed by atoms with van der Waals surface area (Å²) in [6.45, 7) is 1.87. The van der Waals surface area contributed by atoms with Crippen LogP contribution >= 0.6 is 23.2 Å². The van der Waals surface area contributed by atoms with E-state index in [9.17, 15) is 18.8 Å². The van der Waals surface area contributed by atoms with E-state index in [4.69, 9.17) is 33.7 Å². The Morgan fingerprint density at radius 3 is 2.35 bits per heavy atom. The molecule has 0 fully saturated rings. The number of nitrogens with two attached hydrogens (primary N) is 1. The number of nitrogens with one attached hydrogen (secondary N) is 1. The zero-order valence-electron chi connectivity index (χ0n) is 17.6. The van der Waals surface area contributed by atoms with Crippen LogP contribution in [0.4, 0.5) is 21.5 Å². The number of nitrogens with zero attached hydrogens (tertiary/aromatic N) is 1. The number of hydrogen-bond donors (Lipinski definition) is 2. The third-order valence-electron chi connectivity index (χ3n) is 4.95. The Bertz CT molecular complexity index is 1370. The normalized spacial score (nSPS) is 13.5. The van der Waals surface area contributed by atoms with Gasteiger partial charge in [0.25, 0.3) is 11.8 Å². The first kappa shape index (κ1) is 23.3. The first-order valence-electron chi connectivity index (χ1n) is 9.84. The summed E-state index contributed by atoms with van der Waals surface area (Å²) in [5, 5.41) is 2.20. The molecule has 3 aromatic carbocycles. The third kappa shape index (κ3) is 4.46. The molecular weight excluding hydrogens is 484 g/mol. The lowest BCUT2D eigenvalue weighted by Crippen LogP contribution is -2.32. The predicted molar refractivity (Wildman–Crippen MR) is 127 cm³/mol. The van der Waals surface area contributed by atoms with Crippen LogP contribution in [0.15, 0.2) is 71.4 Å². The van der Waals surface area contributed by atoms with Crippen LogP contribution in [0.3, 0.4) is 0 Å². The van der Waals surface area contributed by atoms with E-state index in [2.05, 4.69) is 5.32 Å². The fourth-order valence-electron chi connectivity index (χ4n) is 3.22. The maximum atomic E-state index is 13.5. The highest BCUT2D eigenvalue weighted by Gasteiger charge is 2.39. The molecule has 3 aromatic rings. The second-order valence-corrected chi connectivity index (χ2v) is 8.15. The minimum Gasteiger partial charge on any atom is -0.421 e. The molecule has 0 bridgehead atoms. The van der Waals surface area contributed by atoms with Crippen molar-refractivity contribution in [2.75, 3.05) is 16.0 Å². The van der Waals surface area contributed by atoms with Gasteiger partial charge in [0, 0.05) is 5.69 Å². The van der Waals surface area contributed by atoms with E-state index >= 15 is 0 Å². The molecule has 0 atom stereocenters. The van der Waals surface area contributed by atoms with Gasteiger partial charge in [0.1, 0.15) is 16.5 Å². The first-order chi connectivity index (χ1) is 16.2. The summed E-state index contributed by atoms with van der Waals surface area (Å²) in [6.07, 6.45) is 0. The first-order valence-corrected chi connectivity index (χ1v) is 10.6. The van der Waals surface area contributed by atoms with Gasteiger partial charge in [-0.2, -0.15) is 0 Å². The van der Waals surface area contributed by atoms with Gasteiger partial charge >= 0.3 is 5.97 Å². The Morgan fingerprint density at radius 2 is 1.71 bits per heavy atom. The van der Waals surface area contributed by atoms with Crippen molar-refractivity contribution in [1.29, 1.82) is 0 Å². The number of halogens is 3. The van der Waals surface area contributed by atoms with Gasteiger partial charge < -0.3 is 15.8 Å². The van der Waals surface area contributed by atoms with E-state index in [0.29, 0.717) is 11.4 Å². The molecular formula is C24H16Cl2FN3O4. The van der Waals surface area contributed by atoms with E-state index in [1.165, 1.54) is 30.3 Å². The molecule has 7 nitrogen and oxygen atoms in total. The van der Waals surface area contributed by atoms with E-state index < -0.39 is 23.6 Å². The highest BCUT2D eigenvalue weighted by Crippen LogP contribution is 2.32. The maximum Gasteiger partial charge on any atom is 0.343 e. The lowest BCUT2D eigenvalue weighted by molar-refractivity contribution is -0.120. The molecule has 34 heavy (non-hydrogen) atoms. The molecule has 10 heteroatoms. The third-order valence-corrected chi connectivity index (χ3v) is 5.59. The molecule has 2 amide bonds. The Hall–Kier alpha value is -3.88. The van der Waals surface area contributed by atoms with E-state index in [-0.39, 0.29) is 32.8 Å². The van der Waals surface area contributed by atoms with Crippen molar-refractivity contribution in [2.24, 2.45) is 0 Å². The van der Waals surface area contributed by atoms with Gasteiger partial charge in [-0.05, 0) is 67.1 Å². The monoisotopic (exact) mass is 499 g/mol. The number of esters is 1. The van der Waals surface area contributed by atoms with Crippen LogP contribution in [0.1, 0.15) is 15.9 Å². The quantitative estimate of drug-likeness (QED) is 0.221. The average Bonchev–Trinajstić information content (AvgIpc) is 3.01. The summed E-state index contributed by atoms with van der Waals surface area (Å²) in [7, 11) is 0. The van der Waals surface area contributed by atoms with E-state index in [0.717, 1.165) is 22.6 Å². The fraction of sp³-hybridized carbons (Fsp3) is 0.0417. The van der Waals surface area contributed by atoms with Crippen LogP contribution in [0, 0.1) is 12.7 Å². The SMILES string of the molecule is Cc1ccc(OC(=O)c2ccc(NC3=C(Cl)C(=O)N(c4ccc(F)c(Cl)c4)C3=O)cc2)c(N)c1. The number of carbonyl (C=O) groups is 3. The van der Waals surface area contributed by atoms with Crippen molar-refractivity contribution < 1.29 is 23.5 Å². The molecule has 0 aliphatic carbocycles. The number of nitrogen functional groups attached to an aromatic ring is 1. The standard InChI is InChI=1S/C24H16Cl2FN3O4/c1-12-2-9-19(18(28)10-12)34-24(33)13-3-5-14(6-4-13)29-21-20(26)22(31)30(23(21)32)15-7-8-17(27)16(25)11-15/h2-11,29H,28H2,1H3. The summed E-state index contributed by atoms with van der Waals surface area (Å²) < 4.78 is 18.8. The lowest BCUT2D eigenvalue weighted by Gasteiger charge is -2.15. The van der Waals surface area contributed by atoms with Crippen LogP contribution in [-0.2, 0) is 9.59 Å². The number of carbonyl (C=O) groups excluding carboxylic acids is 3. The number of benzene rings is 3. The number of imide groups is 1. The van der Waals surface area contributed by atoms with Crippen LogP contribution in [-0.4, -0.2) is 17.8 Å². The van der Waals surface area contributed by atoms with E-state index in [1.54, 1.807) is 18.2 Å². The second-order valence-electron chi connectivity index (χ2n) is 7.37. The number of amides is 2. The molecule has 1 heterocycles. The maximum absolute atomic E-state index is 13.5. The summed E-state index contributed by atoms with van der Waals surface area (Å²) in [5.41, 5.74) is 7.67. The number of hydrogen-bond acceptors (Lipinski definition) is 6. The summed E-state index contributed by atoms with van der Waals surface area (Å²) in [5.74, 6) is -2.59. The van der Waals surface area contributed by atoms with Crippen LogP contribution in [0.5, 0.6) is 5.75 Å². The van der Waals surface area contributed by atoms with Gasteiger partial charge in [0.05, 0.1) is 22.0 Å². The van der Waals surface area contributed by atoms with Crippen LogP contribution in [0.2, 0.25) is 5.02 Å². The molecule has 0 radical (unpaired) electrons. The van der Waals surface area contributed by atoms with Crippen molar-refractivity contribution in [3.05, 3.63) is 93.4 Å².